The highest BCUT2D eigenvalue weighted by Crippen LogP contribution is 2.30. The van der Waals surface area contributed by atoms with Crippen LogP contribution < -0.4 is 0 Å². The third-order valence-electron chi connectivity index (χ3n) is 3.16. The number of halogens is 3. The molecule has 0 N–H and O–H groups in total. The lowest BCUT2D eigenvalue weighted by Gasteiger charge is -2.04. The Hall–Kier alpha value is -2.75. The summed E-state index contributed by atoms with van der Waals surface area (Å²) in [7, 11) is -2.67. The number of pyridine rings is 1. The summed E-state index contributed by atoms with van der Waals surface area (Å²) in [6, 6.07) is 9.21. The Balaban J connectivity index is 1.89. The van der Waals surface area contributed by atoms with Gasteiger partial charge in [-0.05, 0) is 36.4 Å². The van der Waals surface area contributed by atoms with Crippen LogP contribution in [0.3, 0.4) is 0 Å². The second kappa shape index (κ2) is 6.28. The van der Waals surface area contributed by atoms with Crippen molar-refractivity contribution in [3.05, 3.63) is 54.7 Å². The topological polar surface area (TPSA) is 81.2 Å². The van der Waals surface area contributed by atoms with Gasteiger partial charge in [-0.25, -0.2) is 4.21 Å². The maximum absolute atomic E-state index is 12.7. The second-order valence-corrected chi connectivity index (χ2v) is 7.30. The number of benzene rings is 1. The Morgan fingerprint density at radius 2 is 1.72 bits per heavy atom. The fraction of sp³-hybridized carbons (Fsp3) is 0.133. The third kappa shape index (κ3) is 3.85. The van der Waals surface area contributed by atoms with Crippen molar-refractivity contribution >= 4 is 15.4 Å². The molecule has 0 amide bonds. The number of alkyl halides is 3. The molecule has 10 heteroatoms. The van der Waals surface area contributed by atoms with Crippen molar-refractivity contribution in [2.24, 2.45) is 4.36 Å². The van der Waals surface area contributed by atoms with Gasteiger partial charge < -0.3 is 4.52 Å². The summed E-state index contributed by atoms with van der Waals surface area (Å²) < 4.78 is 58.5. The van der Waals surface area contributed by atoms with E-state index >= 15 is 0 Å². The minimum absolute atomic E-state index is 0.190. The monoisotopic (exact) mass is 368 g/mol. The summed E-state index contributed by atoms with van der Waals surface area (Å²) in [5.41, 5.74) is 0.734. The molecule has 1 atom stereocenters. The van der Waals surface area contributed by atoms with Crippen LogP contribution in [0.5, 0.6) is 0 Å². The molecule has 0 spiro atoms. The zero-order valence-electron chi connectivity index (χ0n) is 12.8. The quantitative estimate of drug-likeness (QED) is 0.699. The van der Waals surface area contributed by atoms with Crippen molar-refractivity contribution in [3.8, 4) is 11.4 Å². The fourth-order valence-corrected chi connectivity index (χ4v) is 3.23. The van der Waals surface area contributed by atoms with Gasteiger partial charge in [-0.15, -0.1) is 0 Å². The van der Waals surface area contributed by atoms with Crippen LogP contribution in [0.2, 0.25) is 0 Å². The first kappa shape index (κ1) is 17.1. The molecule has 2 heterocycles. The third-order valence-corrected chi connectivity index (χ3v) is 4.87. The van der Waals surface area contributed by atoms with E-state index in [0.29, 0.717) is 16.1 Å². The maximum Gasteiger partial charge on any atom is 0.471 e. The predicted molar refractivity (Wildman–Crippen MR) is 83.4 cm³/mol. The van der Waals surface area contributed by atoms with Crippen LogP contribution in [0, 0.1) is 0 Å². The normalized spacial score (nSPS) is 14.1. The largest absolute Gasteiger partial charge is 0.471 e. The molecule has 0 saturated carbocycles. The molecule has 0 saturated heterocycles. The van der Waals surface area contributed by atoms with Crippen LogP contribution in [-0.4, -0.2) is 25.6 Å². The predicted octanol–water partition coefficient (Wildman–Crippen LogP) is 3.94. The minimum Gasteiger partial charge on any atom is -0.329 e. The van der Waals surface area contributed by atoms with Crippen molar-refractivity contribution in [1.82, 2.24) is 15.1 Å². The Morgan fingerprint density at radius 3 is 2.28 bits per heavy atom. The molecule has 0 fully saturated rings. The maximum atomic E-state index is 12.7. The van der Waals surface area contributed by atoms with Crippen LogP contribution in [0.25, 0.3) is 11.4 Å². The van der Waals surface area contributed by atoms with Crippen LogP contribution in [0.15, 0.2) is 62.6 Å². The molecule has 0 bridgehead atoms. The Labute approximate surface area is 140 Å². The van der Waals surface area contributed by atoms with Gasteiger partial charge in [0.1, 0.15) is 0 Å². The van der Waals surface area contributed by atoms with E-state index < -0.39 is 21.8 Å². The first-order valence-electron chi connectivity index (χ1n) is 6.89. The van der Waals surface area contributed by atoms with Gasteiger partial charge in [0, 0.05) is 24.2 Å². The Bertz CT molecular complexity index is 992. The lowest BCUT2D eigenvalue weighted by molar-refractivity contribution is -0.159. The van der Waals surface area contributed by atoms with E-state index in [1.165, 1.54) is 42.9 Å². The second-order valence-electron chi connectivity index (χ2n) is 5.04. The highest BCUT2D eigenvalue weighted by atomic mass is 32.2. The average molecular weight is 368 g/mol. The van der Waals surface area contributed by atoms with Gasteiger partial charge in [0.2, 0.25) is 5.82 Å². The zero-order valence-corrected chi connectivity index (χ0v) is 13.6. The molecule has 1 aromatic carbocycles. The van der Waals surface area contributed by atoms with E-state index in [1.807, 2.05) is 0 Å². The summed E-state index contributed by atoms with van der Waals surface area (Å²) in [4.78, 5) is 7.69. The summed E-state index contributed by atoms with van der Waals surface area (Å²) in [6.45, 7) is 0. The molecular weight excluding hydrogens is 357 g/mol. The van der Waals surface area contributed by atoms with Crippen molar-refractivity contribution in [1.29, 1.82) is 0 Å². The molecule has 0 aliphatic rings. The average Bonchev–Trinajstić information content (AvgIpc) is 3.06. The summed E-state index contributed by atoms with van der Waals surface area (Å²) in [5, 5.41) is 3.30. The number of hydrogen-bond acceptors (Lipinski definition) is 6. The lowest BCUT2D eigenvalue weighted by atomic mass is 10.2. The van der Waals surface area contributed by atoms with Crippen molar-refractivity contribution in [2.75, 3.05) is 6.26 Å². The smallest absolute Gasteiger partial charge is 0.329 e. The first-order valence-corrected chi connectivity index (χ1v) is 8.81. The van der Waals surface area contributed by atoms with Gasteiger partial charge >= 0.3 is 12.1 Å². The van der Waals surface area contributed by atoms with E-state index in [1.54, 1.807) is 12.1 Å². The summed E-state index contributed by atoms with van der Waals surface area (Å²) in [5.74, 6) is -1.60. The van der Waals surface area contributed by atoms with E-state index in [-0.39, 0.29) is 5.82 Å². The minimum atomic E-state index is -4.70. The van der Waals surface area contributed by atoms with Gasteiger partial charge in [-0.2, -0.15) is 22.5 Å². The van der Waals surface area contributed by atoms with Crippen molar-refractivity contribution in [2.45, 2.75) is 11.1 Å². The lowest BCUT2D eigenvalue weighted by Crippen LogP contribution is -2.04. The van der Waals surface area contributed by atoms with Crippen molar-refractivity contribution in [3.63, 3.8) is 0 Å². The molecule has 0 aliphatic carbocycles. The van der Waals surface area contributed by atoms with Gasteiger partial charge in [-0.1, -0.05) is 5.16 Å². The van der Waals surface area contributed by atoms with Crippen LogP contribution in [0.4, 0.5) is 18.9 Å². The molecule has 3 rings (SSSR count). The number of rotatable bonds is 3. The number of hydrogen-bond donors (Lipinski definition) is 0. The molecule has 6 nitrogen and oxygen atoms in total. The van der Waals surface area contributed by atoms with E-state index in [4.69, 9.17) is 0 Å². The van der Waals surface area contributed by atoms with Gasteiger partial charge in [0.15, 0.2) is 0 Å². The summed E-state index contributed by atoms with van der Waals surface area (Å²) in [6.07, 6.45) is -0.166. The molecule has 0 radical (unpaired) electrons. The van der Waals surface area contributed by atoms with Crippen LogP contribution in [-0.2, 0) is 15.9 Å². The van der Waals surface area contributed by atoms with E-state index in [2.05, 4.69) is 24.0 Å². The highest BCUT2D eigenvalue weighted by Gasteiger charge is 2.38. The molecular formula is C15H11F3N4O2S. The molecule has 130 valence electrons. The van der Waals surface area contributed by atoms with Gasteiger partial charge in [0.05, 0.1) is 20.3 Å². The number of aromatic nitrogens is 3. The standard InChI is InChI=1S/C15H11F3N4O2S/c1-25(23,12-6-8-19-9-7-12)22-11-4-2-10(3-5-11)13-20-14(24-21-13)15(16,17)18/h2-9H,1H3. The van der Waals surface area contributed by atoms with E-state index in [9.17, 15) is 17.4 Å². The highest BCUT2D eigenvalue weighted by molar-refractivity contribution is 7.93. The fourth-order valence-electron chi connectivity index (χ4n) is 1.97. The molecule has 0 aliphatic heterocycles. The molecule has 3 aromatic rings. The zero-order chi connectivity index (χ0) is 18.1. The van der Waals surface area contributed by atoms with Crippen LogP contribution >= 0.6 is 0 Å². The van der Waals surface area contributed by atoms with Gasteiger partial charge in [0.25, 0.3) is 0 Å². The van der Waals surface area contributed by atoms with Crippen LogP contribution in [0.1, 0.15) is 5.89 Å². The SMILES string of the molecule is CS(=O)(=Nc1ccc(-c2noc(C(F)(F)F)n2)cc1)c1ccncc1. The van der Waals surface area contributed by atoms with E-state index in [0.717, 1.165) is 0 Å². The van der Waals surface area contributed by atoms with Gasteiger partial charge in [-0.3, -0.25) is 4.98 Å². The number of nitrogens with zero attached hydrogens (tertiary/aromatic N) is 4. The first-order chi connectivity index (χ1) is 11.8. The molecule has 1 unspecified atom stereocenters. The van der Waals surface area contributed by atoms with Crippen molar-refractivity contribution < 1.29 is 21.9 Å². The molecule has 2 aromatic heterocycles. The Morgan fingerprint density at radius 1 is 1.08 bits per heavy atom. The summed E-state index contributed by atoms with van der Waals surface area (Å²) >= 11 is 0. The molecule has 25 heavy (non-hydrogen) atoms. The Kier molecular flexibility index (Phi) is 4.29.